The lowest BCUT2D eigenvalue weighted by Crippen LogP contribution is -2.38. The summed E-state index contributed by atoms with van der Waals surface area (Å²) >= 11 is 0. The number of hydrogen-bond donors (Lipinski definition) is 1. The van der Waals surface area contributed by atoms with Crippen molar-refractivity contribution in [3.63, 3.8) is 0 Å². The summed E-state index contributed by atoms with van der Waals surface area (Å²) in [6, 6.07) is 7.24. The maximum atomic E-state index is 13.2. The molecule has 1 aromatic carbocycles. The minimum absolute atomic E-state index is 0.0108. The van der Waals surface area contributed by atoms with Crippen LogP contribution >= 0.6 is 0 Å². The Kier molecular flexibility index (Phi) is 8.46. The monoisotopic (exact) mass is 534 g/mol. The molecule has 7 nitrogen and oxygen atoms in total. The number of rotatable bonds is 6. The maximum Gasteiger partial charge on any atom is 0.433 e. The van der Waals surface area contributed by atoms with Gasteiger partial charge in [-0.2, -0.15) is 4.99 Å². The number of benzene rings is 1. The van der Waals surface area contributed by atoms with Crippen LogP contribution < -0.4 is 5.32 Å². The fourth-order valence-electron chi connectivity index (χ4n) is 6.84. The molecule has 0 bridgehead atoms. The molecule has 2 aliphatic carbocycles. The molecule has 7 heteroatoms. The molecule has 2 saturated carbocycles. The van der Waals surface area contributed by atoms with Crippen LogP contribution in [0.15, 0.2) is 23.2 Å². The van der Waals surface area contributed by atoms with E-state index in [4.69, 9.17) is 4.74 Å². The molecular weight excluding hydrogens is 488 g/mol. The van der Waals surface area contributed by atoms with Gasteiger partial charge in [-0.1, -0.05) is 19.8 Å². The Hall–Kier alpha value is -2.67. The summed E-state index contributed by atoms with van der Waals surface area (Å²) < 4.78 is 7.79. The molecule has 1 aliphatic heterocycles. The van der Waals surface area contributed by atoms with Crippen LogP contribution in [0, 0.1) is 11.8 Å². The topological polar surface area (TPSA) is 75.9 Å². The molecule has 0 saturated heterocycles. The summed E-state index contributed by atoms with van der Waals surface area (Å²) in [5, 5.41) is 4.55. The second-order valence-electron chi connectivity index (χ2n) is 12.8. The van der Waals surface area contributed by atoms with Crippen molar-refractivity contribution in [2.75, 3.05) is 11.9 Å². The van der Waals surface area contributed by atoms with E-state index in [1.54, 1.807) is 6.21 Å². The third-order valence-electron chi connectivity index (χ3n) is 8.77. The maximum absolute atomic E-state index is 13.2. The van der Waals surface area contributed by atoms with Crippen LogP contribution in [0.5, 0.6) is 0 Å². The Morgan fingerprint density at radius 2 is 1.85 bits per heavy atom. The third kappa shape index (κ3) is 6.56. The number of ether oxygens (including phenoxy) is 1. The molecule has 3 aliphatic rings. The van der Waals surface area contributed by atoms with Gasteiger partial charge in [0.25, 0.3) is 0 Å². The number of amides is 2. The van der Waals surface area contributed by atoms with E-state index in [1.807, 2.05) is 20.8 Å². The number of aliphatic imine (C=N–C) groups is 1. The minimum Gasteiger partial charge on any atom is -0.442 e. The summed E-state index contributed by atoms with van der Waals surface area (Å²) in [6.45, 7) is 11.0. The van der Waals surface area contributed by atoms with Crippen LogP contribution in [0.3, 0.4) is 0 Å². The van der Waals surface area contributed by atoms with E-state index in [2.05, 4.69) is 44.9 Å². The molecule has 0 radical (unpaired) electrons. The van der Waals surface area contributed by atoms with Crippen molar-refractivity contribution >= 4 is 34.8 Å². The van der Waals surface area contributed by atoms with Gasteiger partial charge in [-0.25, -0.2) is 4.79 Å². The summed E-state index contributed by atoms with van der Waals surface area (Å²) in [5.41, 5.74) is 4.63. The van der Waals surface area contributed by atoms with E-state index in [-0.39, 0.29) is 17.7 Å². The molecule has 0 atom stereocenters. The third-order valence-corrected chi connectivity index (χ3v) is 8.77. The summed E-state index contributed by atoms with van der Waals surface area (Å²) in [4.78, 5) is 31.8. The van der Waals surface area contributed by atoms with Crippen molar-refractivity contribution in [3.05, 3.63) is 29.5 Å². The Bertz CT molecular complexity index is 1210. The fourth-order valence-corrected chi connectivity index (χ4v) is 6.84. The fraction of sp³-hybridized carbons (Fsp3) is 0.656. The van der Waals surface area contributed by atoms with Crippen LogP contribution in [0.4, 0.5) is 10.5 Å². The zero-order valence-electron chi connectivity index (χ0n) is 24.3. The SMILES string of the molecule is CCCn1c2c(c3cc(NC(=O)C4CCC(C=NC(=O)OC(C)(C)C)CC4)ccc31)CN(C1CCCC1)CC2. The molecule has 1 N–H and O–H groups in total. The number of aromatic nitrogens is 1. The highest BCUT2D eigenvalue weighted by Gasteiger charge is 2.30. The summed E-state index contributed by atoms with van der Waals surface area (Å²) in [5.74, 6) is 0.306. The van der Waals surface area contributed by atoms with Gasteiger partial charge in [0, 0.05) is 66.5 Å². The number of nitrogens with zero attached hydrogens (tertiary/aromatic N) is 3. The highest BCUT2D eigenvalue weighted by molar-refractivity contribution is 5.96. The van der Waals surface area contributed by atoms with Crippen molar-refractivity contribution in [2.45, 2.75) is 117 Å². The smallest absolute Gasteiger partial charge is 0.433 e. The van der Waals surface area contributed by atoms with Gasteiger partial charge < -0.3 is 14.6 Å². The van der Waals surface area contributed by atoms with Crippen molar-refractivity contribution in [1.29, 1.82) is 0 Å². The number of fused-ring (bicyclic) bond motifs is 3. The molecule has 0 unspecified atom stereocenters. The van der Waals surface area contributed by atoms with E-state index in [0.717, 1.165) is 69.9 Å². The number of carbonyl (C=O) groups excluding carboxylic acids is 2. The molecule has 39 heavy (non-hydrogen) atoms. The molecule has 1 aromatic heterocycles. The van der Waals surface area contributed by atoms with Crippen molar-refractivity contribution in [1.82, 2.24) is 9.47 Å². The lowest BCUT2D eigenvalue weighted by atomic mass is 9.82. The van der Waals surface area contributed by atoms with Gasteiger partial charge in [0.1, 0.15) is 5.60 Å². The first kappa shape index (κ1) is 27.9. The van der Waals surface area contributed by atoms with E-state index in [0.29, 0.717) is 0 Å². The van der Waals surface area contributed by atoms with Gasteiger partial charge in [-0.05, 0) is 95.4 Å². The number of hydrogen-bond acceptors (Lipinski definition) is 4. The number of aryl methyl sites for hydroxylation is 1. The van der Waals surface area contributed by atoms with Crippen LogP contribution in [-0.2, 0) is 29.0 Å². The van der Waals surface area contributed by atoms with Crippen molar-refractivity contribution in [2.24, 2.45) is 16.8 Å². The first-order valence-electron chi connectivity index (χ1n) is 15.2. The molecule has 2 amide bonds. The average Bonchev–Trinajstić information content (AvgIpc) is 3.54. The normalized spacial score (nSPS) is 22.9. The second-order valence-corrected chi connectivity index (χ2v) is 12.8. The van der Waals surface area contributed by atoms with E-state index in [9.17, 15) is 9.59 Å². The van der Waals surface area contributed by atoms with Gasteiger partial charge in [0.05, 0.1) is 0 Å². The lowest BCUT2D eigenvalue weighted by Gasteiger charge is -2.33. The van der Waals surface area contributed by atoms with E-state index >= 15 is 0 Å². The number of anilines is 1. The van der Waals surface area contributed by atoms with Gasteiger partial charge in [0.15, 0.2) is 0 Å². The molecule has 2 heterocycles. The molecule has 5 rings (SSSR count). The van der Waals surface area contributed by atoms with Crippen LogP contribution in [0.2, 0.25) is 0 Å². The van der Waals surface area contributed by atoms with Gasteiger partial charge in [-0.3, -0.25) is 9.69 Å². The second kappa shape index (κ2) is 11.8. The Morgan fingerprint density at radius 3 is 2.54 bits per heavy atom. The molecule has 212 valence electrons. The van der Waals surface area contributed by atoms with Crippen molar-refractivity contribution < 1.29 is 14.3 Å². The quantitative estimate of drug-likeness (QED) is 0.401. The zero-order chi connectivity index (χ0) is 27.6. The highest BCUT2D eigenvalue weighted by Crippen LogP contribution is 2.36. The highest BCUT2D eigenvalue weighted by atomic mass is 16.6. The standard InChI is InChI=1S/C32H46N4O3/c1-5-17-36-28-15-14-24(19-26(28)27-21-35(18-16-29(27)36)25-8-6-7-9-25)34-30(37)23-12-10-22(11-13-23)20-33-31(38)39-32(2,3)4/h14-15,19-20,22-23,25H,5-13,16-18,21H2,1-4H3,(H,34,37). The molecule has 2 aromatic rings. The van der Waals surface area contributed by atoms with Crippen LogP contribution in [0.25, 0.3) is 10.9 Å². The average molecular weight is 535 g/mol. The predicted molar refractivity (Wildman–Crippen MR) is 157 cm³/mol. The number of carbonyl (C=O) groups is 2. The zero-order valence-corrected chi connectivity index (χ0v) is 24.3. The molecule has 2 fully saturated rings. The van der Waals surface area contributed by atoms with Crippen molar-refractivity contribution in [3.8, 4) is 0 Å². The van der Waals surface area contributed by atoms with E-state index < -0.39 is 11.7 Å². The van der Waals surface area contributed by atoms with Gasteiger partial charge in [-0.15, -0.1) is 0 Å². The minimum atomic E-state index is -0.543. The largest absolute Gasteiger partial charge is 0.442 e. The Morgan fingerprint density at radius 1 is 1.10 bits per heavy atom. The van der Waals surface area contributed by atoms with Crippen LogP contribution in [0.1, 0.15) is 96.7 Å². The van der Waals surface area contributed by atoms with Gasteiger partial charge in [0.2, 0.25) is 5.91 Å². The Labute approximate surface area is 233 Å². The molecule has 0 spiro atoms. The first-order chi connectivity index (χ1) is 18.7. The summed E-state index contributed by atoms with van der Waals surface area (Å²) in [7, 11) is 0. The summed E-state index contributed by atoms with van der Waals surface area (Å²) in [6.07, 6.45) is 12.1. The lowest BCUT2D eigenvalue weighted by molar-refractivity contribution is -0.120. The number of nitrogens with one attached hydrogen (secondary N) is 1. The van der Waals surface area contributed by atoms with Gasteiger partial charge >= 0.3 is 6.09 Å². The van der Waals surface area contributed by atoms with E-state index in [1.165, 1.54) is 47.8 Å². The predicted octanol–water partition coefficient (Wildman–Crippen LogP) is 7.10. The van der Waals surface area contributed by atoms with Crippen LogP contribution in [-0.4, -0.2) is 45.9 Å². The first-order valence-corrected chi connectivity index (χ1v) is 15.2. The molecular formula is C32H46N4O3. The Balaban J connectivity index is 1.24.